The highest BCUT2D eigenvalue weighted by molar-refractivity contribution is 7.99. The topological polar surface area (TPSA) is 67.2 Å². The molecule has 1 amide bonds. The Morgan fingerprint density at radius 3 is 2.74 bits per heavy atom. The minimum absolute atomic E-state index is 0.184. The van der Waals surface area contributed by atoms with E-state index in [4.69, 9.17) is 0 Å². The van der Waals surface area contributed by atoms with Gasteiger partial charge in [-0.05, 0) is 30.3 Å². The summed E-state index contributed by atoms with van der Waals surface area (Å²) in [5.41, 5.74) is 0. The van der Waals surface area contributed by atoms with Crippen LogP contribution in [0.1, 0.15) is 18.9 Å². The quantitative estimate of drug-likeness (QED) is 0.717. The Labute approximate surface area is 116 Å². The highest BCUT2D eigenvalue weighted by atomic mass is 32.2. The van der Waals surface area contributed by atoms with Gasteiger partial charge in [-0.2, -0.15) is 0 Å². The lowest BCUT2D eigenvalue weighted by Crippen LogP contribution is -2.47. The molecule has 7 nitrogen and oxygen atoms in total. The number of rotatable bonds is 4. The van der Waals surface area contributed by atoms with Crippen LogP contribution in [0.5, 0.6) is 0 Å². The first-order valence-electron chi connectivity index (χ1n) is 6.61. The molecule has 0 aromatic carbocycles. The lowest BCUT2D eigenvalue weighted by Gasteiger charge is -2.32. The van der Waals surface area contributed by atoms with Crippen molar-refractivity contribution in [2.45, 2.75) is 24.0 Å². The standard InChI is InChI=1S/C11H18N6OS/c1-15-4-6-16(7-5-15)10(18)8-19-11-12-13-14-17(11)9-2-3-9/h9H,2-8H2,1H3. The Morgan fingerprint density at radius 2 is 2.05 bits per heavy atom. The van der Waals surface area contributed by atoms with Gasteiger partial charge in [0.2, 0.25) is 11.1 Å². The van der Waals surface area contributed by atoms with Gasteiger partial charge in [-0.3, -0.25) is 4.79 Å². The first-order valence-corrected chi connectivity index (χ1v) is 7.59. The second-order valence-corrected chi connectivity index (χ2v) is 6.05. The summed E-state index contributed by atoms with van der Waals surface area (Å²) in [5, 5.41) is 12.4. The van der Waals surface area contributed by atoms with Crippen LogP contribution < -0.4 is 0 Å². The van der Waals surface area contributed by atoms with E-state index in [1.165, 1.54) is 11.8 Å². The molecule has 0 bridgehead atoms. The minimum atomic E-state index is 0.184. The first kappa shape index (κ1) is 12.9. The molecule has 2 aliphatic rings. The summed E-state index contributed by atoms with van der Waals surface area (Å²) in [6.07, 6.45) is 2.29. The van der Waals surface area contributed by atoms with Crippen molar-refractivity contribution in [1.82, 2.24) is 30.0 Å². The number of piperazine rings is 1. The van der Waals surface area contributed by atoms with E-state index in [9.17, 15) is 4.79 Å². The summed E-state index contributed by atoms with van der Waals surface area (Å²) in [7, 11) is 2.08. The fourth-order valence-corrected chi connectivity index (χ4v) is 2.95. The largest absolute Gasteiger partial charge is 0.339 e. The zero-order valence-electron chi connectivity index (χ0n) is 11.0. The summed E-state index contributed by atoms with van der Waals surface area (Å²) in [6.45, 7) is 3.55. The fraction of sp³-hybridized carbons (Fsp3) is 0.818. The smallest absolute Gasteiger partial charge is 0.233 e. The van der Waals surface area contributed by atoms with Crippen LogP contribution in [0.4, 0.5) is 0 Å². The van der Waals surface area contributed by atoms with E-state index < -0.39 is 0 Å². The maximum atomic E-state index is 12.1. The SMILES string of the molecule is CN1CCN(C(=O)CSc2nnnn2C2CC2)CC1. The zero-order chi connectivity index (χ0) is 13.2. The lowest BCUT2D eigenvalue weighted by atomic mass is 10.3. The lowest BCUT2D eigenvalue weighted by molar-refractivity contribution is -0.129. The number of aromatic nitrogens is 4. The van der Waals surface area contributed by atoms with Crippen molar-refractivity contribution in [3.05, 3.63) is 0 Å². The summed E-state index contributed by atoms with van der Waals surface area (Å²) < 4.78 is 1.85. The van der Waals surface area contributed by atoms with E-state index in [0.717, 1.165) is 44.2 Å². The number of tetrazole rings is 1. The molecule has 2 heterocycles. The summed E-state index contributed by atoms with van der Waals surface area (Å²) in [6, 6.07) is 0.455. The molecular weight excluding hydrogens is 264 g/mol. The van der Waals surface area contributed by atoms with Crippen molar-refractivity contribution >= 4 is 17.7 Å². The number of thioether (sulfide) groups is 1. The molecule has 0 radical (unpaired) electrons. The summed E-state index contributed by atoms with van der Waals surface area (Å²) in [5.74, 6) is 0.611. The Hall–Kier alpha value is -1.15. The number of hydrogen-bond donors (Lipinski definition) is 0. The third-order valence-corrected chi connectivity index (χ3v) is 4.45. The summed E-state index contributed by atoms with van der Waals surface area (Å²) in [4.78, 5) is 16.3. The van der Waals surface area contributed by atoms with Gasteiger partial charge in [-0.15, -0.1) is 5.10 Å². The van der Waals surface area contributed by atoms with Crippen LogP contribution in [0.2, 0.25) is 0 Å². The third-order valence-electron chi connectivity index (χ3n) is 3.54. The zero-order valence-corrected chi connectivity index (χ0v) is 11.8. The molecule has 1 saturated heterocycles. The molecule has 2 fully saturated rings. The minimum Gasteiger partial charge on any atom is -0.339 e. The van der Waals surface area contributed by atoms with E-state index in [1.54, 1.807) is 0 Å². The van der Waals surface area contributed by atoms with Crippen molar-refractivity contribution in [3.63, 3.8) is 0 Å². The molecule has 1 aromatic heterocycles. The molecule has 104 valence electrons. The van der Waals surface area contributed by atoms with Crippen LogP contribution in [-0.4, -0.2) is 74.9 Å². The van der Waals surface area contributed by atoms with Crippen molar-refractivity contribution < 1.29 is 4.79 Å². The first-order chi connectivity index (χ1) is 9.24. The van der Waals surface area contributed by atoms with Crippen molar-refractivity contribution in [3.8, 4) is 0 Å². The molecule has 1 saturated carbocycles. The van der Waals surface area contributed by atoms with Crippen LogP contribution >= 0.6 is 11.8 Å². The Bertz CT molecular complexity index is 452. The molecule has 1 aromatic rings. The molecule has 19 heavy (non-hydrogen) atoms. The van der Waals surface area contributed by atoms with E-state index >= 15 is 0 Å². The van der Waals surface area contributed by atoms with Gasteiger partial charge in [-0.25, -0.2) is 4.68 Å². The van der Waals surface area contributed by atoms with Crippen LogP contribution in [-0.2, 0) is 4.79 Å². The molecule has 1 aliphatic heterocycles. The van der Waals surface area contributed by atoms with Gasteiger partial charge < -0.3 is 9.80 Å². The number of amides is 1. The van der Waals surface area contributed by atoms with Crippen molar-refractivity contribution in [2.75, 3.05) is 39.0 Å². The average molecular weight is 282 g/mol. The molecule has 0 N–H and O–H groups in total. The van der Waals surface area contributed by atoms with Crippen molar-refractivity contribution in [2.24, 2.45) is 0 Å². The predicted octanol–water partition coefficient (Wildman–Crippen LogP) is -0.126. The van der Waals surface area contributed by atoms with Gasteiger partial charge in [0.15, 0.2) is 0 Å². The predicted molar refractivity (Wildman–Crippen MR) is 70.9 cm³/mol. The number of hydrogen-bond acceptors (Lipinski definition) is 6. The highest BCUT2D eigenvalue weighted by Gasteiger charge is 2.28. The van der Waals surface area contributed by atoms with Gasteiger partial charge in [0.25, 0.3) is 0 Å². The molecule has 0 spiro atoms. The molecule has 8 heteroatoms. The maximum Gasteiger partial charge on any atom is 0.233 e. The second kappa shape index (κ2) is 5.46. The third kappa shape index (κ3) is 3.06. The maximum absolute atomic E-state index is 12.1. The number of likely N-dealkylation sites (N-methyl/N-ethyl adjacent to an activating group) is 1. The van der Waals surface area contributed by atoms with Crippen molar-refractivity contribution in [1.29, 1.82) is 0 Å². The van der Waals surface area contributed by atoms with E-state index in [1.807, 2.05) is 9.58 Å². The highest BCUT2D eigenvalue weighted by Crippen LogP contribution is 2.36. The normalized spacial score (nSPS) is 20.8. The van der Waals surface area contributed by atoms with E-state index in [2.05, 4.69) is 27.5 Å². The molecule has 0 atom stereocenters. The van der Waals surface area contributed by atoms with Gasteiger partial charge in [0, 0.05) is 26.2 Å². The van der Waals surface area contributed by atoms with Gasteiger partial charge in [0.1, 0.15) is 0 Å². The van der Waals surface area contributed by atoms with E-state index in [0.29, 0.717) is 11.8 Å². The van der Waals surface area contributed by atoms with Gasteiger partial charge >= 0.3 is 0 Å². The molecule has 3 rings (SSSR count). The summed E-state index contributed by atoms with van der Waals surface area (Å²) >= 11 is 1.45. The van der Waals surface area contributed by atoms with Gasteiger partial charge in [0.05, 0.1) is 11.8 Å². The average Bonchev–Trinajstić information content (AvgIpc) is 3.16. The molecular formula is C11H18N6OS. The Balaban J connectivity index is 1.51. The number of nitrogens with zero attached hydrogens (tertiary/aromatic N) is 6. The Kier molecular flexibility index (Phi) is 3.69. The molecule has 0 unspecified atom stereocenters. The van der Waals surface area contributed by atoms with Crippen LogP contribution in [0, 0.1) is 0 Å². The second-order valence-electron chi connectivity index (χ2n) is 5.11. The monoisotopic (exact) mass is 282 g/mol. The van der Waals surface area contributed by atoms with Gasteiger partial charge in [-0.1, -0.05) is 11.8 Å². The molecule has 1 aliphatic carbocycles. The Morgan fingerprint density at radius 1 is 1.32 bits per heavy atom. The van der Waals surface area contributed by atoms with E-state index in [-0.39, 0.29) is 5.91 Å². The number of carbonyl (C=O) groups is 1. The van der Waals surface area contributed by atoms with Crippen LogP contribution in [0.15, 0.2) is 5.16 Å². The van der Waals surface area contributed by atoms with Crippen LogP contribution in [0.25, 0.3) is 0 Å². The fourth-order valence-electron chi connectivity index (χ4n) is 2.10. The van der Waals surface area contributed by atoms with Crippen LogP contribution in [0.3, 0.4) is 0 Å². The number of carbonyl (C=O) groups excluding carboxylic acids is 1.